The molecule has 4 amide bonds. The van der Waals surface area contributed by atoms with Gasteiger partial charge in [-0.2, -0.15) is 0 Å². The van der Waals surface area contributed by atoms with E-state index in [1.54, 1.807) is 4.90 Å². The van der Waals surface area contributed by atoms with E-state index in [1.807, 2.05) is 34.6 Å². The molecular weight excluding hydrogens is 673 g/mol. The average molecular weight is 737 g/mol. The standard InChI is InChI=1S/C37H64N6O7S/c1-24(2)27-17-19-43(32(27)34(46)40-28(21-25-13-12-14-25)33(45)35(47)38-6)36(48)31(26-15-8-7-9-16-26)41-30(44)22-39-29(37(3,4)5)23-42-18-10-11-20-51(42,49)50/h24-29,31-32,39H,7-23H2,1-6H3,(H,38,47)(H,40,46)(H,41,44)/t27?,28?,29-,31+,32+/m1/s1. The third-order valence-corrected chi connectivity index (χ3v) is 13.8. The molecule has 5 atom stereocenters. The molecule has 2 aliphatic heterocycles. The fraction of sp³-hybridized carbons (Fsp3) is 0.865. The highest BCUT2D eigenvalue weighted by molar-refractivity contribution is 7.89. The summed E-state index contributed by atoms with van der Waals surface area (Å²) in [7, 11) is -1.95. The SMILES string of the molecule is CNC(=O)C(=O)C(CC1CCC1)NC(=O)[C@@H]1C(C(C)C)CCN1C(=O)[C@@H](NC(=O)CN[C@H](CN1CCCCS1(=O)=O)C(C)(C)C)C1CCCCC1. The number of likely N-dealkylation sites (tertiary alicyclic amines) is 1. The number of carbonyl (C=O) groups is 5. The van der Waals surface area contributed by atoms with Crippen LogP contribution in [-0.4, -0.2) is 110 Å². The Kier molecular flexibility index (Phi) is 14.5. The summed E-state index contributed by atoms with van der Waals surface area (Å²) in [4.78, 5) is 69.5. The van der Waals surface area contributed by atoms with Crippen molar-refractivity contribution in [2.75, 3.05) is 39.0 Å². The van der Waals surface area contributed by atoms with Crippen LogP contribution in [-0.2, 0) is 34.0 Å². The Morgan fingerprint density at radius 2 is 1.53 bits per heavy atom. The first-order valence-corrected chi connectivity index (χ1v) is 21.0. The number of rotatable bonds is 15. The van der Waals surface area contributed by atoms with E-state index < -0.39 is 45.7 Å². The van der Waals surface area contributed by atoms with Crippen LogP contribution >= 0.6 is 0 Å². The van der Waals surface area contributed by atoms with Gasteiger partial charge in [0.25, 0.3) is 5.91 Å². The Balaban J connectivity index is 1.51. The van der Waals surface area contributed by atoms with E-state index in [-0.39, 0.29) is 65.8 Å². The number of hydrogen-bond donors (Lipinski definition) is 4. The van der Waals surface area contributed by atoms with Crippen LogP contribution in [0.1, 0.15) is 112 Å². The van der Waals surface area contributed by atoms with Crippen molar-refractivity contribution in [3.8, 4) is 0 Å². The van der Waals surface area contributed by atoms with Gasteiger partial charge in [0.1, 0.15) is 12.1 Å². The van der Waals surface area contributed by atoms with Gasteiger partial charge in [0.05, 0.1) is 18.3 Å². The Morgan fingerprint density at radius 3 is 2.10 bits per heavy atom. The molecule has 0 spiro atoms. The molecule has 51 heavy (non-hydrogen) atoms. The molecule has 14 heteroatoms. The maximum absolute atomic E-state index is 14.6. The lowest BCUT2D eigenvalue weighted by Crippen LogP contribution is -2.60. The summed E-state index contributed by atoms with van der Waals surface area (Å²) in [6, 6.07) is -2.93. The molecule has 2 saturated heterocycles. The molecule has 13 nitrogen and oxygen atoms in total. The van der Waals surface area contributed by atoms with E-state index in [0.717, 1.165) is 57.8 Å². The van der Waals surface area contributed by atoms with Crippen molar-refractivity contribution in [1.82, 2.24) is 30.5 Å². The molecule has 4 fully saturated rings. The van der Waals surface area contributed by atoms with Gasteiger partial charge in [-0.05, 0) is 67.6 Å². The maximum atomic E-state index is 14.6. The predicted molar refractivity (Wildman–Crippen MR) is 196 cm³/mol. The first-order chi connectivity index (χ1) is 24.0. The highest BCUT2D eigenvalue weighted by Gasteiger charge is 2.47. The van der Waals surface area contributed by atoms with Crippen molar-refractivity contribution in [1.29, 1.82) is 0 Å². The van der Waals surface area contributed by atoms with Crippen LogP contribution in [0.4, 0.5) is 0 Å². The van der Waals surface area contributed by atoms with Crippen molar-refractivity contribution in [3.05, 3.63) is 0 Å². The summed E-state index contributed by atoms with van der Waals surface area (Å²) in [6.07, 6.45) is 9.92. The van der Waals surface area contributed by atoms with Crippen molar-refractivity contribution in [2.24, 2.45) is 29.1 Å². The number of Topliss-reactive ketones (excluding diaryl/α,β-unsaturated/α-hetero) is 1. The number of likely N-dealkylation sites (N-methyl/N-ethyl adjacent to an activating group) is 1. The number of nitrogens with zero attached hydrogens (tertiary/aromatic N) is 2. The molecule has 0 bridgehead atoms. The quantitative estimate of drug-likeness (QED) is 0.186. The summed E-state index contributed by atoms with van der Waals surface area (Å²) in [5, 5.41) is 11.7. The van der Waals surface area contributed by atoms with E-state index in [1.165, 1.54) is 11.4 Å². The fourth-order valence-corrected chi connectivity index (χ4v) is 9.90. The highest BCUT2D eigenvalue weighted by atomic mass is 32.2. The van der Waals surface area contributed by atoms with Gasteiger partial charge in [-0.1, -0.05) is 73.1 Å². The summed E-state index contributed by atoms with van der Waals surface area (Å²) < 4.78 is 27.0. The predicted octanol–water partition coefficient (Wildman–Crippen LogP) is 2.34. The molecule has 2 heterocycles. The van der Waals surface area contributed by atoms with E-state index >= 15 is 0 Å². The van der Waals surface area contributed by atoms with E-state index in [9.17, 15) is 32.4 Å². The molecule has 4 aliphatic rings. The molecule has 0 aromatic carbocycles. The van der Waals surface area contributed by atoms with E-state index in [2.05, 4.69) is 21.3 Å². The first-order valence-electron chi connectivity index (χ1n) is 19.4. The highest BCUT2D eigenvalue weighted by Crippen LogP contribution is 2.35. The van der Waals surface area contributed by atoms with Gasteiger partial charge in [-0.15, -0.1) is 0 Å². The number of amides is 4. The van der Waals surface area contributed by atoms with Crippen molar-refractivity contribution >= 4 is 39.4 Å². The number of hydrogen-bond acceptors (Lipinski definition) is 8. The molecule has 0 aromatic heterocycles. The largest absolute Gasteiger partial charge is 0.353 e. The van der Waals surface area contributed by atoms with Gasteiger partial charge in [0, 0.05) is 32.7 Å². The third kappa shape index (κ3) is 10.7. The van der Waals surface area contributed by atoms with Gasteiger partial charge in [0.2, 0.25) is 33.5 Å². The van der Waals surface area contributed by atoms with Crippen LogP contribution in [0.3, 0.4) is 0 Å². The van der Waals surface area contributed by atoms with Crippen molar-refractivity contribution in [3.63, 3.8) is 0 Å². The molecule has 4 N–H and O–H groups in total. The molecule has 2 aliphatic carbocycles. The lowest BCUT2D eigenvalue weighted by Gasteiger charge is -2.38. The molecular formula is C37H64N6O7S. The zero-order valence-electron chi connectivity index (χ0n) is 31.8. The summed E-state index contributed by atoms with van der Waals surface area (Å²) in [6.45, 7) is 11.1. The lowest BCUT2D eigenvalue weighted by atomic mass is 9.80. The normalized spacial score (nSPS) is 25.0. The Morgan fingerprint density at radius 1 is 0.843 bits per heavy atom. The second-order valence-electron chi connectivity index (χ2n) is 16.8. The maximum Gasteiger partial charge on any atom is 0.289 e. The second-order valence-corrected chi connectivity index (χ2v) is 18.9. The van der Waals surface area contributed by atoms with Gasteiger partial charge in [-0.25, -0.2) is 12.7 Å². The van der Waals surface area contributed by atoms with Crippen LogP contribution in [0.15, 0.2) is 0 Å². The lowest BCUT2D eigenvalue weighted by molar-refractivity contribution is -0.145. The molecule has 2 saturated carbocycles. The second kappa shape index (κ2) is 18.0. The van der Waals surface area contributed by atoms with Gasteiger partial charge >= 0.3 is 0 Å². The summed E-state index contributed by atoms with van der Waals surface area (Å²) in [5.41, 5.74) is -0.344. The summed E-state index contributed by atoms with van der Waals surface area (Å²) in [5.74, 6) is -2.29. The average Bonchev–Trinajstić information content (AvgIpc) is 3.52. The fourth-order valence-electron chi connectivity index (χ4n) is 8.29. The van der Waals surface area contributed by atoms with Crippen LogP contribution < -0.4 is 21.3 Å². The minimum atomic E-state index is -3.35. The van der Waals surface area contributed by atoms with Crippen LogP contribution in [0.5, 0.6) is 0 Å². The number of sulfonamides is 1. The van der Waals surface area contributed by atoms with Crippen molar-refractivity contribution < 1.29 is 32.4 Å². The Hall–Kier alpha value is -2.58. The number of nitrogens with one attached hydrogen (secondary N) is 4. The number of ketones is 1. The van der Waals surface area contributed by atoms with Gasteiger partial charge in [0.15, 0.2) is 0 Å². The third-order valence-electron chi connectivity index (χ3n) is 11.8. The first kappa shape index (κ1) is 41.2. The molecule has 290 valence electrons. The topological polar surface area (TPSA) is 174 Å². The van der Waals surface area contributed by atoms with Crippen LogP contribution in [0.25, 0.3) is 0 Å². The van der Waals surface area contributed by atoms with Crippen molar-refractivity contribution in [2.45, 2.75) is 136 Å². The Bertz CT molecular complexity index is 1360. The molecule has 4 rings (SSSR count). The zero-order valence-corrected chi connectivity index (χ0v) is 32.6. The minimum absolute atomic E-state index is 0.0724. The molecule has 0 radical (unpaired) electrons. The zero-order chi connectivity index (χ0) is 37.5. The van der Waals surface area contributed by atoms with Crippen LogP contribution in [0, 0.1) is 29.1 Å². The molecule has 0 aromatic rings. The monoisotopic (exact) mass is 736 g/mol. The smallest absolute Gasteiger partial charge is 0.289 e. The molecule has 2 unspecified atom stereocenters. The van der Waals surface area contributed by atoms with E-state index in [4.69, 9.17) is 0 Å². The number of carbonyl (C=O) groups excluding carboxylic acids is 5. The Labute approximate surface area is 305 Å². The van der Waals surface area contributed by atoms with Crippen LogP contribution in [0.2, 0.25) is 0 Å². The summed E-state index contributed by atoms with van der Waals surface area (Å²) >= 11 is 0. The van der Waals surface area contributed by atoms with E-state index in [0.29, 0.717) is 32.4 Å². The van der Waals surface area contributed by atoms with Gasteiger partial charge < -0.3 is 26.2 Å². The van der Waals surface area contributed by atoms with Gasteiger partial charge in [-0.3, -0.25) is 24.0 Å². The minimum Gasteiger partial charge on any atom is -0.353 e.